The fraction of sp³-hybridized carbons (Fsp3) is 0.182. The van der Waals surface area contributed by atoms with Crippen molar-refractivity contribution < 1.29 is 14.7 Å². The van der Waals surface area contributed by atoms with Crippen LogP contribution < -0.4 is 5.32 Å². The Hall–Kier alpha value is -2.77. The Morgan fingerprint density at radius 3 is 2.58 bits per heavy atom. The Balaban J connectivity index is 1.95. The number of aryl methyl sites for hydroxylation is 1. The molecule has 0 saturated carbocycles. The third-order valence-electron chi connectivity index (χ3n) is 2.39. The molecule has 3 N–H and O–H groups in total. The van der Waals surface area contributed by atoms with E-state index in [1.54, 1.807) is 24.3 Å². The van der Waals surface area contributed by atoms with Crippen LogP contribution in [-0.4, -0.2) is 37.6 Å². The van der Waals surface area contributed by atoms with Crippen LogP contribution in [0.2, 0.25) is 0 Å². The van der Waals surface area contributed by atoms with Gasteiger partial charge >= 0.3 is 5.97 Å². The summed E-state index contributed by atoms with van der Waals surface area (Å²) in [6, 6.07) is 6.90. The second kappa shape index (κ2) is 5.71. The third-order valence-corrected chi connectivity index (χ3v) is 2.39. The molecule has 1 heterocycles. The lowest BCUT2D eigenvalue weighted by molar-refractivity contribution is -0.136. The number of carbonyl (C=O) groups excluding carboxylic acids is 1. The van der Waals surface area contributed by atoms with E-state index in [1.165, 1.54) is 0 Å². The maximum atomic E-state index is 11.6. The first-order valence-electron chi connectivity index (χ1n) is 5.50. The van der Waals surface area contributed by atoms with Crippen molar-refractivity contribution in [2.75, 3.05) is 5.32 Å². The number of aromatic amines is 1. The van der Waals surface area contributed by atoms with Crippen LogP contribution in [0.4, 0.5) is 5.69 Å². The molecule has 8 nitrogen and oxygen atoms in total. The Kier molecular flexibility index (Phi) is 3.81. The molecular formula is C11H11N5O3. The van der Waals surface area contributed by atoms with Crippen molar-refractivity contribution in [3.05, 3.63) is 35.7 Å². The molecule has 1 amide bonds. The normalized spacial score (nSPS) is 10.1. The Morgan fingerprint density at radius 2 is 2.00 bits per heavy atom. The zero-order valence-corrected chi connectivity index (χ0v) is 9.83. The van der Waals surface area contributed by atoms with Crippen molar-refractivity contribution in [2.45, 2.75) is 12.8 Å². The number of amides is 1. The summed E-state index contributed by atoms with van der Waals surface area (Å²) in [6.45, 7) is 0. The van der Waals surface area contributed by atoms with Gasteiger partial charge in [-0.15, -0.1) is 10.2 Å². The molecular weight excluding hydrogens is 250 g/mol. The summed E-state index contributed by atoms with van der Waals surface area (Å²) in [5.74, 6) is -1.35. The molecule has 1 aromatic heterocycles. The van der Waals surface area contributed by atoms with Crippen LogP contribution >= 0.6 is 0 Å². The van der Waals surface area contributed by atoms with Crippen LogP contribution in [0.3, 0.4) is 0 Å². The molecule has 8 heteroatoms. The van der Waals surface area contributed by atoms with Gasteiger partial charge in [-0.25, -0.2) is 0 Å². The van der Waals surface area contributed by atoms with Crippen LogP contribution in [0.25, 0.3) is 0 Å². The Labute approximate surface area is 107 Å². The average Bonchev–Trinajstić information content (AvgIpc) is 2.92. The van der Waals surface area contributed by atoms with E-state index in [-0.39, 0.29) is 12.2 Å². The van der Waals surface area contributed by atoms with E-state index < -0.39 is 11.9 Å². The molecule has 19 heavy (non-hydrogen) atoms. The molecule has 0 radical (unpaired) electrons. The van der Waals surface area contributed by atoms with Gasteiger partial charge in [-0.3, -0.25) is 9.59 Å². The summed E-state index contributed by atoms with van der Waals surface area (Å²) in [6.07, 6.45) is 0.531. The molecule has 0 unspecified atom stereocenters. The maximum Gasteiger partial charge on any atom is 0.303 e. The van der Waals surface area contributed by atoms with Gasteiger partial charge in [0, 0.05) is 12.1 Å². The predicted octanol–water partition coefficient (Wildman–Crippen LogP) is 0.469. The number of aliphatic carboxylic acids is 1. The largest absolute Gasteiger partial charge is 0.481 e. The van der Waals surface area contributed by atoms with Gasteiger partial charge in [-0.1, -0.05) is 12.1 Å². The van der Waals surface area contributed by atoms with E-state index in [9.17, 15) is 9.59 Å². The molecule has 0 aliphatic heterocycles. The third kappa shape index (κ3) is 3.60. The van der Waals surface area contributed by atoms with Crippen LogP contribution in [0.15, 0.2) is 24.3 Å². The van der Waals surface area contributed by atoms with E-state index in [4.69, 9.17) is 5.11 Å². The SMILES string of the molecule is O=C(O)CCc1ccc(NC(=O)c2nn[nH]n2)cc1. The number of carboxylic acids is 1. The van der Waals surface area contributed by atoms with E-state index in [1.807, 2.05) is 0 Å². The van der Waals surface area contributed by atoms with E-state index in [2.05, 4.69) is 25.9 Å². The fourth-order valence-electron chi connectivity index (χ4n) is 1.45. The van der Waals surface area contributed by atoms with Gasteiger partial charge in [0.15, 0.2) is 0 Å². The van der Waals surface area contributed by atoms with Crippen LogP contribution in [0.5, 0.6) is 0 Å². The molecule has 0 atom stereocenters. The molecule has 0 fully saturated rings. The second-order valence-electron chi connectivity index (χ2n) is 3.78. The molecule has 0 aliphatic carbocycles. The van der Waals surface area contributed by atoms with Crippen molar-refractivity contribution in [2.24, 2.45) is 0 Å². The number of benzene rings is 1. The fourth-order valence-corrected chi connectivity index (χ4v) is 1.45. The van der Waals surface area contributed by atoms with Gasteiger partial charge in [0.25, 0.3) is 11.7 Å². The standard InChI is InChI=1S/C11H11N5O3/c17-9(18)6-3-7-1-4-8(5-2-7)12-11(19)10-13-15-16-14-10/h1-2,4-5H,3,6H2,(H,12,19)(H,17,18)(H,13,14,15,16). The number of carbonyl (C=O) groups is 2. The van der Waals surface area contributed by atoms with Crippen molar-refractivity contribution in [3.63, 3.8) is 0 Å². The Morgan fingerprint density at radius 1 is 1.26 bits per heavy atom. The number of anilines is 1. The first-order chi connectivity index (χ1) is 9.15. The summed E-state index contributed by atoms with van der Waals surface area (Å²) in [5, 5.41) is 23.8. The number of hydrogen-bond donors (Lipinski definition) is 3. The minimum absolute atomic E-state index is 0.0463. The van der Waals surface area contributed by atoms with Crippen molar-refractivity contribution in [1.29, 1.82) is 0 Å². The van der Waals surface area contributed by atoms with Gasteiger partial charge < -0.3 is 10.4 Å². The summed E-state index contributed by atoms with van der Waals surface area (Å²) in [5.41, 5.74) is 1.47. The van der Waals surface area contributed by atoms with E-state index in [0.29, 0.717) is 12.1 Å². The highest BCUT2D eigenvalue weighted by atomic mass is 16.4. The molecule has 98 valence electrons. The number of nitrogens with zero attached hydrogens (tertiary/aromatic N) is 3. The minimum Gasteiger partial charge on any atom is -0.481 e. The lowest BCUT2D eigenvalue weighted by Crippen LogP contribution is -2.13. The van der Waals surface area contributed by atoms with Gasteiger partial charge in [0.2, 0.25) is 0 Å². The lowest BCUT2D eigenvalue weighted by atomic mass is 10.1. The molecule has 0 spiro atoms. The number of aromatic nitrogens is 4. The highest BCUT2D eigenvalue weighted by Crippen LogP contribution is 2.11. The monoisotopic (exact) mass is 261 g/mol. The summed E-state index contributed by atoms with van der Waals surface area (Å²) in [4.78, 5) is 22.0. The van der Waals surface area contributed by atoms with Crippen molar-refractivity contribution in [3.8, 4) is 0 Å². The molecule has 0 saturated heterocycles. The van der Waals surface area contributed by atoms with E-state index in [0.717, 1.165) is 5.56 Å². The smallest absolute Gasteiger partial charge is 0.303 e. The molecule has 2 rings (SSSR count). The Bertz CT molecular complexity index is 565. The van der Waals surface area contributed by atoms with E-state index >= 15 is 0 Å². The molecule has 1 aromatic carbocycles. The topological polar surface area (TPSA) is 121 Å². The highest BCUT2D eigenvalue weighted by Gasteiger charge is 2.10. The highest BCUT2D eigenvalue weighted by molar-refractivity contribution is 6.01. The van der Waals surface area contributed by atoms with Gasteiger partial charge in [-0.05, 0) is 29.3 Å². The first kappa shape index (κ1) is 12.7. The van der Waals surface area contributed by atoms with Crippen molar-refractivity contribution in [1.82, 2.24) is 20.6 Å². The van der Waals surface area contributed by atoms with Gasteiger partial charge in [0.05, 0.1) is 0 Å². The zero-order chi connectivity index (χ0) is 13.7. The number of hydrogen-bond acceptors (Lipinski definition) is 5. The second-order valence-corrected chi connectivity index (χ2v) is 3.78. The first-order valence-corrected chi connectivity index (χ1v) is 5.50. The number of rotatable bonds is 5. The molecule has 0 bridgehead atoms. The van der Waals surface area contributed by atoms with Gasteiger partial charge in [0.1, 0.15) is 0 Å². The summed E-state index contributed by atoms with van der Waals surface area (Å²) < 4.78 is 0. The van der Waals surface area contributed by atoms with Gasteiger partial charge in [-0.2, -0.15) is 5.21 Å². The number of carboxylic acid groups (broad SMARTS) is 1. The van der Waals surface area contributed by atoms with Crippen LogP contribution in [-0.2, 0) is 11.2 Å². The minimum atomic E-state index is -0.838. The quantitative estimate of drug-likeness (QED) is 0.719. The van der Waals surface area contributed by atoms with Crippen molar-refractivity contribution >= 4 is 17.6 Å². The summed E-state index contributed by atoms with van der Waals surface area (Å²) >= 11 is 0. The summed E-state index contributed by atoms with van der Waals surface area (Å²) in [7, 11) is 0. The van der Waals surface area contributed by atoms with Crippen LogP contribution in [0.1, 0.15) is 22.6 Å². The molecule has 0 aliphatic rings. The number of nitrogens with one attached hydrogen (secondary N) is 2. The predicted molar refractivity (Wildman–Crippen MR) is 64.5 cm³/mol. The lowest BCUT2D eigenvalue weighted by Gasteiger charge is -2.04. The molecule has 2 aromatic rings. The van der Waals surface area contributed by atoms with Crippen LogP contribution in [0, 0.1) is 0 Å². The zero-order valence-electron chi connectivity index (χ0n) is 9.83. The number of H-pyrrole nitrogens is 1. The average molecular weight is 261 g/mol. The number of tetrazole rings is 1. The maximum absolute atomic E-state index is 11.6.